The van der Waals surface area contributed by atoms with Crippen molar-refractivity contribution in [2.45, 2.75) is 62.9 Å². The number of nitrogens with one attached hydrogen (secondary N) is 2. The average Bonchev–Trinajstić information content (AvgIpc) is 3.30. The van der Waals surface area contributed by atoms with Gasteiger partial charge in [-0.05, 0) is 50.2 Å². The van der Waals surface area contributed by atoms with Crippen LogP contribution in [0.15, 0.2) is 30.3 Å². The highest BCUT2D eigenvalue weighted by Gasteiger charge is 2.40. The minimum atomic E-state index is -1.28. The first kappa shape index (κ1) is 27.6. The lowest BCUT2D eigenvalue weighted by molar-refractivity contribution is -0.146. The zero-order chi connectivity index (χ0) is 25.3. The number of likely N-dealkylation sites (tertiary alicyclic amines) is 1. The van der Waals surface area contributed by atoms with Gasteiger partial charge in [0.1, 0.15) is 18.1 Å². The number of carbonyl (C=O) groups excluding carboxylic acids is 3. The highest BCUT2D eigenvalue weighted by atomic mass is 32.2. The van der Waals surface area contributed by atoms with E-state index in [0.717, 1.165) is 5.56 Å². The van der Waals surface area contributed by atoms with E-state index in [4.69, 9.17) is 5.73 Å². The van der Waals surface area contributed by atoms with Gasteiger partial charge < -0.3 is 31.5 Å². The Hall–Kier alpha value is -2.63. The molecule has 2 rings (SSSR count). The summed E-state index contributed by atoms with van der Waals surface area (Å²) in [4.78, 5) is 51.5. The Morgan fingerprint density at radius 2 is 1.88 bits per heavy atom. The number of aliphatic hydroxyl groups excluding tert-OH is 1. The summed E-state index contributed by atoms with van der Waals surface area (Å²) < 4.78 is 0. The van der Waals surface area contributed by atoms with Crippen molar-refractivity contribution in [2.24, 2.45) is 5.73 Å². The van der Waals surface area contributed by atoms with E-state index in [0.29, 0.717) is 18.6 Å². The summed E-state index contributed by atoms with van der Waals surface area (Å²) in [5.41, 5.74) is 6.87. The molecule has 0 spiro atoms. The first-order chi connectivity index (χ1) is 16.1. The minimum Gasteiger partial charge on any atom is -0.480 e. The van der Waals surface area contributed by atoms with Crippen LogP contribution in [0.25, 0.3) is 0 Å². The molecule has 0 saturated carbocycles. The lowest BCUT2D eigenvalue weighted by Gasteiger charge is -2.31. The Labute approximate surface area is 203 Å². The van der Waals surface area contributed by atoms with Crippen LogP contribution < -0.4 is 16.4 Å². The maximum Gasteiger partial charge on any atom is 0.326 e. The van der Waals surface area contributed by atoms with Crippen LogP contribution in [0.3, 0.4) is 0 Å². The molecule has 5 unspecified atom stereocenters. The second kappa shape index (κ2) is 13.3. The summed E-state index contributed by atoms with van der Waals surface area (Å²) >= 11 is 1.47. The maximum atomic E-state index is 13.2. The summed E-state index contributed by atoms with van der Waals surface area (Å²) in [6.45, 7) is 1.63. The third-order valence-electron chi connectivity index (χ3n) is 5.75. The summed E-state index contributed by atoms with van der Waals surface area (Å²) in [5.74, 6) is -2.34. The third kappa shape index (κ3) is 7.71. The molecule has 10 nitrogen and oxygen atoms in total. The molecule has 188 valence electrons. The lowest BCUT2D eigenvalue weighted by Crippen LogP contribution is -2.59. The van der Waals surface area contributed by atoms with Gasteiger partial charge in [-0.2, -0.15) is 11.8 Å². The Morgan fingerprint density at radius 1 is 1.21 bits per heavy atom. The van der Waals surface area contributed by atoms with Gasteiger partial charge in [-0.25, -0.2) is 4.79 Å². The van der Waals surface area contributed by atoms with Crippen LogP contribution in [0.1, 0.15) is 31.7 Å². The van der Waals surface area contributed by atoms with Gasteiger partial charge in [-0.3, -0.25) is 14.4 Å². The number of aliphatic hydroxyl groups is 1. The number of carbonyl (C=O) groups is 4. The van der Waals surface area contributed by atoms with Crippen LogP contribution in [0.5, 0.6) is 0 Å². The predicted octanol–water partition coefficient (Wildman–Crippen LogP) is -0.264. The number of rotatable bonds is 12. The number of aliphatic carboxylic acids is 1. The van der Waals surface area contributed by atoms with E-state index in [2.05, 4.69) is 10.6 Å². The van der Waals surface area contributed by atoms with Gasteiger partial charge in [0, 0.05) is 6.54 Å². The Kier molecular flexibility index (Phi) is 10.8. The number of carboxylic acid groups (broad SMARTS) is 1. The van der Waals surface area contributed by atoms with E-state index in [-0.39, 0.29) is 19.4 Å². The molecular formula is C23H34N4O6S. The number of hydrogen-bond acceptors (Lipinski definition) is 7. The van der Waals surface area contributed by atoms with Crippen molar-refractivity contribution in [1.29, 1.82) is 0 Å². The molecule has 0 bridgehead atoms. The number of nitrogens with zero attached hydrogens (tertiary/aromatic N) is 1. The first-order valence-corrected chi connectivity index (χ1v) is 12.7. The van der Waals surface area contributed by atoms with Crippen molar-refractivity contribution in [1.82, 2.24) is 15.5 Å². The Balaban J connectivity index is 2.06. The molecule has 1 aromatic carbocycles. The SMILES string of the molecule is CSCCC(NC(=O)C1CCCN1C(=O)C(NC(=O)C(N)Cc1ccccc1)C(C)O)C(=O)O. The van der Waals surface area contributed by atoms with Gasteiger partial charge in [-0.1, -0.05) is 30.3 Å². The van der Waals surface area contributed by atoms with Crippen LogP contribution in [0.4, 0.5) is 0 Å². The Morgan fingerprint density at radius 3 is 2.47 bits per heavy atom. The van der Waals surface area contributed by atoms with Crippen molar-refractivity contribution < 1.29 is 29.4 Å². The quantitative estimate of drug-likeness (QED) is 0.265. The number of carboxylic acids is 1. The largest absolute Gasteiger partial charge is 0.480 e. The molecule has 0 radical (unpaired) electrons. The minimum absolute atomic E-state index is 0.258. The van der Waals surface area contributed by atoms with Gasteiger partial charge in [0.15, 0.2) is 0 Å². The average molecular weight is 495 g/mol. The molecule has 5 atom stereocenters. The molecule has 1 heterocycles. The van der Waals surface area contributed by atoms with Gasteiger partial charge in [0.05, 0.1) is 12.1 Å². The molecule has 11 heteroatoms. The zero-order valence-electron chi connectivity index (χ0n) is 19.5. The Bertz CT molecular complexity index is 853. The van der Waals surface area contributed by atoms with Gasteiger partial charge in [0.2, 0.25) is 17.7 Å². The van der Waals surface area contributed by atoms with Crippen LogP contribution >= 0.6 is 11.8 Å². The van der Waals surface area contributed by atoms with Crippen molar-refractivity contribution in [3.63, 3.8) is 0 Å². The fourth-order valence-corrected chi connectivity index (χ4v) is 4.32. The van der Waals surface area contributed by atoms with E-state index in [1.165, 1.54) is 23.6 Å². The van der Waals surface area contributed by atoms with E-state index in [1.54, 1.807) is 0 Å². The fourth-order valence-electron chi connectivity index (χ4n) is 3.85. The molecule has 1 aliphatic rings. The highest BCUT2D eigenvalue weighted by molar-refractivity contribution is 7.98. The van der Waals surface area contributed by atoms with Crippen LogP contribution in [-0.4, -0.2) is 87.6 Å². The normalized spacial score (nSPS) is 19.1. The molecule has 6 N–H and O–H groups in total. The van der Waals surface area contributed by atoms with E-state index < -0.39 is 54.0 Å². The first-order valence-electron chi connectivity index (χ1n) is 11.3. The molecular weight excluding hydrogens is 460 g/mol. The zero-order valence-corrected chi connectivity index (χ0v) is 20.3. The lowest BCUT2D eigenvalue weighted by atomic mass is 10.0. The summed E-state index contributed by atoms with van der Waals surface area (Å²) in [7, 11) is 0. The van der Waals surface area contributed by atoms with E-state index >= 15 is 0 Å². The monoisotopic (exact) mass is 494 g/mol. The van der Waals surface area contributed by atoms with Gasteiger partial charge in [0.25, 0.3) is 0 Å². The number of thioether (sulfide) groups is 1. The van der Waals surface area contributed by atoms with Crippen molar-refractivity contribution in [3.05, 3.63) is 35.9 Å². The highest BCUT2D eigenvalue weighted by Crippen LogP contribution is 2.20. The molecule has 1 fully saturated rings. The predicted molar refractivity (Wildman–Crippen MR) is 129 cm³/mol. The number of benzene rings is 1. The van der Waals surface area contributed by atoms with Gasteiger partial charge >= 0.3 is 5.97 Å². The van der Waals surface area contributed by atoms with Crippen LogP contribution in [0, 0.1) is 0 Å². The molecule has 1 aromatic rings. The molecule has 1 aliphatic heterocycles. The van der Waals surface area contributed by atoms with Crippen molar-refractivity contribution in [3.8, 4) is 0 Å². The van der Waals surface area contributed by atoms with Crippen molar-refractivity contribution in [2.75, 3.05) is 18.6 Å². The molecule has 0 aromatic heterocycles. The molecule has 34 heavy (non-hydrogen) atoms. The molecule has 1 saturated heterocycles. The summed E-state index contributed by atoms with van der Waals surface area (Å²) in [5, 5.41) is 24.7. The van der Waals surface area contributed by atoms with E-state index in [1.807, 2.05) is 36.6 Å². The molecule has 0 aliphatic carbocycles. The molecule has 3 amide bonds. The summed E-state index contributed by atoms with van der Waals surface area (Å²) in [6, 6.07) is 5.04. The van der Waals surface area contributed by atoms with Gasteiger partial charge in [-0.15, -0.1) is 0 Å². The fraction of sp³-hybridized carbons (Fsp3) is 0.565. The smallest absolute Gasteiger partial charge is 0.326 e. The third-order valence-corrected chi connectivity index (χ3v) is 6.39. The van der Waals surface area contributed by atoms with Crippen LogP contribution in [-0.2, 0) is 25.6 Å². The second-order valence-corrected chi connectivity index (χ2v) is 9.38. The van der Waals surface area contributed by atoms with Crippen LogP contribution in [0.2, 0.25) is 0 Å². The number of hydrogen-bond donors (Lipinski definition) is 5. The number of nitrogens with two attached hydrogens (primary N) is 1. The van der Waals surface area contributed by atoms with Crippen molar-refractivity contribution >= 4 is 35.5 Å². The second-order valence-electron chi connectivity index (χ2n) is 8.39. The number of amides is 3. The summed E-state index contributed by atoms with van der Waals surface area (Å²) in [6.07, 6.45) is 2.04. The standard InChI is InChI=1S/C23H34N4O6S/c1-14(28)19(26-20(29)16(24)13-15-7-4-3-5-8-15)22(31)27-11-6-9-18(27)21(30)25-17(23(32)33)10-12-34-2/h3-5,7-8,14,16-19,28H,6,9-13,24H2,1-2H3,(H,25,30)(H,26,29)(H,32,33). The topological polar surface area (TPSA) is 162 Å². The van der Waals surface area contributed by atoms with E-state index in [9.17, 15) is 29.4 Å². The maximum absolute atomic E-state index is 13.2.